The van der Waals surface area contributed by atoms with Gasteiger partial charge < -0.3 is 5.32 Å². The van der Waals surface area contributed by atoms with Crippen LogP contribution in [-0.4, -0.2) is 31.1 Å². The van der Waals surface area contributed by atoms with Gasteiger partial charge in [-0.2, -0.15) is 0 Å². The quantitative estimate of drug-likeness (QED) is 0.843. The van der Waals surface area contributed by atoms with Gasteiger partial charge in [-0.3, -0.25) is 4.79 Å². The van der Waals surface area contributed by atoms with Crippen molar-refractivity contribution in [2.24, 2.45) is 0 Å². The maximum Gasteiger partial charge on any atom is 0.256 e. The summed E-state index contributed by atoms with van der Waals surface area (Å²) in [6.45, 7) is 1.90. The van der Waals surface area contributed by atoms with Crippen molar-refractivity contribution in [1.29, 1.82) is 0 Å². The minimum atomic E-state index is -2.94. The normalized spacial score (nSPS) is 18.9. The summed E-state index contributed by atoms with van der Waals surface area (Å²) in [7, 11) is -2.94. The zero-order valence-electron chi connectivity index (χ0n) is 13.7. The van der Waals surface area contributed by atoms with Gasteiger partial charge >= 0.3 is 0 Å². The number of aryl methyl sites for hydroxylation is 1. The average molecular weight is 396 g/mol. The summed E-state index contributed by atoms with van der Waals surface area (Å²) < 4.78 is 23.3. The number of hydrogen-bond donors (Lipinski definition) is 1. The second kappa shape index (κ2) is 7.40. The number of thioether (sulfide) groups is 1. The zero-order chi connectivity index (χ0) is 18.0. The van der Waals surface area contributed by atoms with Crippen molar-refractivity contribution in [3.63, 3.8) is 0 Å². The standard InChI is InChI=1S/C18H18ClNO3S2/c1-12-6-7-13(19)10-16(12)20-18(21)15-4-2-3-5-17(15)24-14-8-9-25(22,23)11-14/h2-7,10,14H,8-9,11H2,1H3,(H,20,21)/t14-/m1/s1. The van der Waals surface area contributed by atoms with E-state index < -0.39 is 9.84 Å². The topological polar surface area (TPSA) is 63.2 Å². The first-order valence-electron chi connectivity index (χ1n) is 7.88. The number of anilines is 1. The van der Waals surface area contributed by atoms with Crippen molar-refractivity contribution in [2.75, 3.05) is 16.8 Å². The van der Waals surface area contributed by atoms with Gasteiger partial charge in [-0.05, 0) is 43.2 Å². The largest absolute Gasteiger partial charge is 0.322 e. The summed E-state index contributed by atoms with van der Waals surface area (Å²) in [6.07, 6.45) is 0.621. The van der Waals surface area contributed by atoms with E-state index in [0.29, 0.717) is 22.7 Å². The van der Waals surface area contributed by atoms with Crippen LogP contribution in [0.15, 0.2) is 47.4 Å². The van der Waals surface area contributed by atoms with Crippen LogP contribution in [0, 0.1) is 6.92 Å². The second-order valence-corrected chi connectivity index (χ2v) is 10.1. The molecule has 4 nitrogen and oxygen atoms in total. The molecule has 132 valence electrons. The Morgan fingerprint density at radius 1 is 1.24 bits per heavy atom. The maximum atomic E-state index is 12.7. The zero-order valence-corrected chi connectivity index (χ0v) is 16.0. The molecule has 1 fully saturated rings. The average Bonchev–Trinajstić information content (AvgIpc) is 2.90. The molecular formula is C18H18ClNO3S2. The van der Waals surface area contributed by atoms with Crippen LogP contribution in [0.25, 0.3) is 0 Å². The Morgan fingerprint density at radius 2 is 2.00 bits per heavy atom. The summed E-state index contributed by atoms with van der Waals surface area (Å²) in [4.78, 5) is 13.5. The summed E-state index contributed by atoms with van der Waals surface area (Å²) in [5.74, 6) is 0.163. The van der Waals surface area contributed by atoms with E-state index >= 15 is 0 Å². The van der Waals surface area contributed by atoms with Crippen LogP contribution in [0.1, 0.15) is 22.3 Å². The van der Waals surface area contributed by atoms with Crippen molar-refractivity contribution in [3.05, 3.63) is 58.6 Å². The smallest absolute Gasteiger partial charge is 0.256 e. The number of carbonyl (C=O) groups is 1. The van der Waals surface area contributed by atoms with Gasteiger partial charge in [0.1, 0.15) is 0 Å². The van der Waals surface area contributed by atoms with E-state index in [4.69, 9.17) is 11.6 Å². The van der Waals surface area contributed by atoms with Crippen LogP contribution in [0.3, 0.4) is 0 Å². The Hall–Kier alpha value is -1.50. The molecular weight excluding hydrogens is 378 g/mol. The molecule has 2 aromatic rings. The molecule has 1 aliphatic rings. The van der Waals surface area contributed by atoms with Gasteiger partial charge in [0, 0.05) is 20.9 Å². The van der Waals surface area contributed by atoms with Gasteiger partial charge in [-0.1, -0.05) is 29.8 Å². The third kappa shape index (κ3) is 4.57. The summed E-state index contributed by atoms with van der Waals surface area (Å²) >= 11 is 7.47. The molecule has 1 aliphatic heterocycles. The Kier molecular flexibility index (Phi) is 5.41. The van der Waals surface area contributed by atoms with Crippen molar-refractivity contribution < 1.29 is 13.2 Å². The van der Waals surface area contributed by atoms with Crippen molar-refractivity contribution in [1.82, 2.24) is 0 Å². The molecule has 1 amide bonds. The highest BCUT2D eigenvalue weighted by atomic mass is 35.5. The number of amides is 1. The molecule has 3 rings (SSSR count). The fourth-order valence-corrected chi connectivity index (χ4v) is 6.51. The molecule has 0 aromatic heterocycles. The molecule has 1 atom stereocenters. The van der Waals surface area contributed by atoms with E-state index in [1.807, 2.05) is 25.1 Å². The number of nitrogens with one attached hydrogen (secondary N) is 1. The molecule has 0 unspecified atom stereocenters. The molecule has 7 heteroatoms. The molecule has 1 saturated heterocycles. The van der Waals surface area contributed by atoms with Gasteiger partial charge in [-0.15, -0.1) is 11.8 Å². The minimum absolute atomic E-state index is 0.00754. The Labute approximate surface area is 156 Å². The lowest BCUT2D eigenvalue weighted by molar-refractivity contribution is 0.102. The van der Waals surface area contributed by atoms with Crippen LogP contribution in [0.5, 0.6) is 0 Å². The number of hydrogen-bond acceptors (Lipinski definition) is 4. The molecule has 0 bridgehead atoms. The van der Waals surface area contributed by atoms with Crippen LogP contribution >= 0.6 is 23.4 Å². The highest BCUT2D eigenvalue weighted by Gasteiger charge is 2.29. The maximum absolute atomic E-state index is 12.7. The van der Waals surface area contributed by atoms with E-state index in [-0.39, 0.29) is 22.7 Å². The van der Waals surface area contributed by atoms with E-state index in [9.17, 15) is 13.2 Å². The highest BCUT2D eigenvalue weighted by Crippen LogP contribution is 2.33. The molecule has 1 heterocycles. The van der Waals surface area contributed by atoms with E-state index in [2.05, 4.69) is 5.32 Å². The first kappa shape index (κ1) is 18.3. The second-order valence-electron chi connectivity index (χ2n) is 6.05. The van der Waals surface area contributed by atoms with Gasteiger partial charge in [0.2, 0.25) is 0 Å². The fraction of sp³-hybridized carbons (Fsp3) is 0.278. The Bertz CT molecular complexity index is 912. The Morgan fingerprint density at radius 3 is 2.72 bits per heavy atom. The highest BCUT2D eigenvalue weighted by molar-refractivity contribution is 8.02. The van der Waals surface area contributed by atoms with E-state index in [1.165, 1.54) is 11.8 Å². The lowest BCUT2D eigenvalue weighted by atomic mass is 10.1. The summed E-state index contributed by atoms with van der Waals surface area (Å²) in [5, 5.41) is 3.44. The van der Waals surface area contributed by atoms with E-state index in [1.54, 1.807) is 24.3 Å². The van der Waals surface area contributed by atoms with Crippen LogP contribution in [0.2, 0.25) is 5.02 Å². The number of rotatable bonds is 4. The lowest BCUT2D eigenvalue weighted by Crippen LogP contribution is -2.15. The first-order chi connectivity index (χ1) is 11.8. The number of halogens is 1. The molecule has 0 saturated carbocycles. The fourth-order valence-electron chi connectivity index (χ4n) is 2.71. The molecule has 25 heavy (non-hydrogen) atoms. The predicted octanol–water partition coefficient (Wildman–Crippen LogP) is 4.18. The number of benzene rings is 2. The van der Waals surface area contributed by atoms with Crippen molar-refractivity contribution >= 4 is 44.8 Å². The van der Waals surface area contributed by atoms with Gasteiger partial charge in [0.15, 0.2) is 9.84 Å². The monoisotopic (exact) mass is 395 g/mol. The van der Waals surface area contributed by atoms with Crippen LogP contribution in [0.4, 0.5) is 5.69 Å². The molecule has 0 radical (unpaired) electrons. The molecule has 0 aliphatic carbocycles. The third-order valence-electron chi connectivity index (χ3n) is 4.06. The lowest BCUT2D eigenvalue weighted by Gasteiger charge is -2.14. The summed E-state index contributed by atoms with van der Waals surface area (Å²) in [6, 6.07) is 12.6. The van der Waals surface area contributed by atoms with Crippen LogP contribution < -0.4 is 5.32 Å². The van der Waals surface area contributed by atoms with E-state index in [0.717, 1.165) is 10.5 Å². The van der Waals surface area contributed by atoms with Gasteiger partial charge in [0.25, 0.3) is 5.91 Å². The van der Waals surface area contributed by atoms with Gasteiger partial charge in [-0.25, -0.2) is 8.42 Å². The third-order valence-corrected chi connectivity index (χ3v) is 7.62. The van der Waals surface area contributed by atoms with Gasteiger partial charge in [0.05, 0.1) is 17.1 Å². The minimum Gasteiger partial charge on any atom is -0.322 e. The van der Waals surface area contributed by atoms with Crippen LogP contribution in [-0.2, 0) is 9.84 Å². The first-order valence-corrected chi connectivity index (χ1v) is 11.0. The summed E-state index contributed by atoms with van der Waals surface area (Å²) in [5.41, 5.74) is 2.13. The van der Waals surface area contributed by atoms with Crippen molar-refractivity contribution in [2.45, 2.75) is 23.5 Å². The Balaban J connectivity index is 1.80. The predicted molar refractivity (Wildman–Crippen MR) is 104 cm³/mol. The molecule has 0 spiro atoms. The number of carbonyl (C=O) groups excluding carboxylic acids is 1. The molecule has 2 aromatic carbocycles. The van der Waals surface area contributed by atoms with Crippen molar-refractivity contribution in [3.8, 4) is 0 Å². The SMILES string of the molecule is Cc1ccc(Cl)cc1NC(=O)c1ccccc1S[C@@H]1CCS(=O)(=O)C1. The number of sulfone groups is 1. The molecule has 1 N–H and O–H groups in total.